The van der Waals surface area contributed by atoms with Gasteiger partial charge in [0.05, 0.1) is 5.75 Å². The molecule has 3 rings (SSSR count). The molecule has 1 amide bonds. The van der Waals surface area contributed by atoms with E-state index in [4.69, 9.17) is 0 Å². The lowest BCUT2D eigenvalue weighted by molar-refractivity contribution is -0.113. The van der Waals surface area contributed by atoms with E-state index >= 15 is 0 Å². The standard InChI is InChI=1S/C16H20N4OS2/c21-15(11-22-16-19-17-12-23-16)18-13-5-7-14(8-6-13)20-9-3-1-2-4-10-20/h5-8,12H,1-4,9-11H2,(H,18,21). The summed E-state index contributed by atoms with van der Waals surface area (Å²) in [4.78, 5) is 14.4. The number of hydrogen-bond acceptors (Lipinski definition) is 6. The van der Waals surface area contributed by atoms with Crippen LogP contribution in [0.5, 0.6) is 0 Å². The SMILES string of the molecule is O=C(CSc1nncs1)Nc1ccc(N2CCCCCC2)cc1. The van der Waals surface area contributed by atoms with Crippen molar-refractivity contribution in [2.75, 3.05) is 29.1 Å². The second kappa shape index (κ2) is 8.31. The van der Waals surface area contributed by atoms with E-state index in [0.29, 0.717) is 5.75 Å². The monoisotopic (exact) mass is 348 g/mol. The highest BCUT2D eigenvalue weighted by molar-refractivity contribution is 8.01. The second-order valence-corrected chi connectivity index (χ2v) is 7.55. The first-order valence-electron chi connectivity index (χ1n) is 7.85. The lowest BCUT2D eigenvalue weighted by atomic mass is 10.2. The summed E-state index contributed by atoms with van der Waals surface area (Å²) in [5.74, 6) is 0.330. The number of nitrogens with one attached hydrogen (secondary N) is 1. The van der Waals surface area contributed by atoms with Gasteiger partial charge in [-0.05, 0) is 37.1 Å². The van der Waals surface area contributed by atoms with E-state index in [1.165, 1.54) is 54.5 Å². The van der Waals surface area contributed by atoms with Crippen LogP contribution >= 0.6 is 23.1 Å². The number of thioether (sulfide) groups is 1. The smallest absolute Gasteiger partial charge is 0.234 e. The number of rotatable bonds is 5. The van der Waals surface area contributed by atoms with Gasteiger partial charge in [0.1, 0.15) is 5.51 Å². The maximum absolute atomic E-state index is 12.0. The van der Waals surface area contributed by atoms with Gasteiger partial charge in [-0.25, -0.2) is 0 Å². The Labute approximate surface area is 144 Å². The van der Waals surface area contributed by atoms with Crippen LogP contribution in [0.15, 0.2) is 34.1 Å². The molecule has 2 heterocycles. The number of nitrogens with zero attached hydrogens (tertiary/aromatic N) is 3. The van der Waals surface area contributed by atoms with Gasteiger partial charge in [-0.3, -0.25) is 4.79 Å². The molecular weight excluding hydrogens is 328 g/mol. The molecule has 0 saturated carbocycles. The molecule has 122 valence electrons. The van der Waals surface area contributed by atoms with Gasteiger partial charge in [-0.15, -0.1) is 10.2 Å². The minimum absolute atomic E-state index is 0.0206. The fraction of sp³-hybridized carbons (Fsp3) is 0.438. The van der Waals surface area contributed by atoms with Crippen molar-refractivity contribution in [1.29, 1.82) is 0 Å². The Morgan fingerprint density at radius 2 is 1.91 bits per heavy atom. The van der Waals surface area contributed by atoms with E-state index in [2.05, 4.69) is 32.5 Å². The van der Waals surface area contributed by atoms with Crippen molar-refractivity contribution in [3.8, 4) is 0 Å². The van der Waals surface area contributed by atoms with E-state index < -0.39 is 0 Å². The zero-order chi connectivity index (χ0) is 15.9. The molecule has 7 heteroatoms. The summed E-state index contributed by atoms with van der Waals surface area (Å²) in [6.45, 7) is 2.26. The third kappa shape index (κ3) is 4.94. The van der Waals surface area contributed by atoms with Gasteiger partial charge in [-0.2, -0.15) is 0 Å². The van der Waals surface area contributed by atoms with Crippen LogP contribution in [-0.4, -0.2) is 34.9 Å². The molecule has 5 nitrogen and oxygen atoms in total. The van der Waals surface area contributed by atoms with Crippen molar-refractivity contribution in [3.05, 3.63) is 29.8 Å². The van der Waals surface area contributed by atoms with Gasteiger partial charge in [0, 0.05) is 24.5 Å². The Morgan fingerprint density at radius 3 is 2.57 bits per heavy atom. The molecule has 0 bridgehead atoms. The molecule has 0 radical (unpaired) electrons. The van der Waals surface area contributed by atoms with Crippen LogP contribution in [0.25, 0.3) is 0 Å². The summed E-state index contributed by atoms with van der Waals surface area (Å²) >= 11 is 2.85. The summed E-state index contributed by atoms with van der Waals surface area (Å²) < 4.78 is 0.816. The summed E-state index contributed by atoms with van der Waals surface area (Å²) in [7, 11) is 0. The molecule has 0 atom stereocenters. The summed E-state index contributed by atoms with van der Waals surface area (Å²) in [6, 6.07) is 8.15. The quantitative estimate of drug-likeness (QED) is 0.836. The minimum Gasteiger partial charge on any atom is -0.372 e. The molecule has 1 aromatic heterocycles. The number of carbonyl (C=O) groups is 1. The summed E-state index contributed by atoms with van der Waals surface area (Å²) in [6.07, 6.45) is 5.19. The van der Waals surface area contributed by atoms with Gasteiger partial charge in [0.2, 0.25) is 5.91 Å². The Hall–Kier alpha value is -1.60. The van der Waals surface area contributed by atoms with Crippen LogP contribution in [0.4, 0.5) is 11.4 Å². The number of benzene rings is 1. The predicted molar refractivity (Wildman–Crippen MR) is 96.4 cm³/mol. The second-order valence-electron chi connectivity index (χ2n) is 5.49. The lowest BCUT2D eigenvalue weighted by Gasteiger charge is -2.22. The van der Waals surface area contributed by atoms with Crippen LogP contribution in [0, 0.1) is 0 Å². The van der Waals surface area contributed by atoms with Crippen LogP contribution in [0.2, 0.25) is 0 Å². The highest BCUT2D eigenvalue weighted by Crippen LogP contribution is 2.22. The molecule has 0 aliphatic carbocycles. The lowest BCUT2D eigenvalue weighted by Crippen LogP contribution is -2.23. The maximum Gasteiger partial charge on any atom is 0.234 e. The minimum atomic E-state index is -0.0206. The predicted octanol–water partition coefficient (Wildman–Crippen LogP) is 3.65. The fourth-order valence-electron chi connectivity index (χ4n) is 2.63. The Balaban J connectivity index is 1.51. The number of anilines is 2. The van der Waals surface area contributed by atoms with Gasteiger partial charge >= 0.3 is 0 Å². The Bertz CT molecular complexity index is 608. The van der Waals surface area contributed by atoms with Gasteiger partial charge in [0.25, 0.3) is 0 Å². The topological polar surface area (TPSA) is 58.1 Å². The van der Waals surface area contributed by atoms with Crippen LogP contribution in [-0.2, 0) is 4.79 Å². The molecule has 1 saturated heterocycles. The average molecular weight is 348 g/mol. The van der Waals surface area contributed by atoms with E-state index in [0.717, 1.165) is 23.1 Å². The van der Waals surface area contributed by atoms with E-state index in [-0.39, 0.29) is 5.91 Å². The van der Waals surface area contributed by atoms with E-state index in [9.17, 15) is 4.79 Å². The third-order valence-corrected chi connectivity index (χ3v) is 5.65. The summed E-state index contributed by atoms with van der Waals surface area (Å²) in [5.41, 5.74) is 3.75. The normalized spacial score (nSPS) is 15.2. The zero-order valence-electron chi connectivity index (χ0n) is 12.9. The molecule has 1 aromatic carbocycles. The van der Waals surface area contributed by atoms with Crippen molar-refractivity contribution >= 4 is 40.4 Å². The van der Waals surface area contributed by atoms with Gasteiger partial charge < -0.3 is 10.2 Å². The molecule has 2 aromatic rings. The largest absolute Gasteiger partial charge is 0.372 e. The molecular formula is C16H20N4OS2. The van der Waals surface area contributed by atoms with Crippen molar-refractivity contribution in [1.82, 2.24) is 10.2 Å². The van der Waals surface area contributed by atoms with E-state index in [1.54, 1.807) is 5.51 Å². The first kappa shape index (κ1) is 16.3. The molecule has 0 unspecified atom stereocenters. The molecule has 0 spiro atoms. The van der Waals surface area contributed by atoms with Crippen LogP contribution in [0.3, 0.4) is 0 Å². The van der Waals surface area contributed by atoms with Crippen molar-refractivity contribution in [2.24, 2.45) is 0 Å². The van der Waals surface area contributed by atoms with Gasteiger partial charge in [-0.1, -0.05) is 35.9 Å². The Morgan fingerprint density at radius 1 is 1.17 bits per heavy atom. The number of amides is 1. The number of aromatic nitrogens is 2. The highest BCUT2D eigenvalue weighted by atomic mass is 32.2. The molecule has 1 N–H and O–H groups in total. The summed E-state index contributed by atoms with van der Waals surface area (Å²) in [5, 5.41) is 10.6. The fourth-order valence-corrected chi connectivity index (χ4v) is 3.92. The highest BCUT2D eigenvalue weighted by Gasteiger charge is 2.10. The first-order valence-corrected chi connectivity index (χ1v) is 9.71. The van der Waals surface area contributed by atoms with Crippen molar-refractivity contribution in [3.63, 3.8) is 0 Å². The van der Waals surface area contributed by atoms with Crippen molar-refractivity contribution < 1.29 is 4.79 Å². The first-order chi connectivity index (χ1) is 11.3. The molecule has 23 heavy (non-hydrogen) atoms. The zero-order valence-corrected chi connectivity index (χ0v) is 14.5. The average Bonchev–Trinajstić information content (AvgIpc) is 2.94. The van der Waals surface area contributed by atoms with Gasteiger partial charge in [0.15, 0.2) is 4.34 Å². The van der Waals surface area contributed by atoms with E-state index in [1.807, 2.05) is 12.1 Å². The molecule has 1 aliphatic heterocycles. The molecule has 1 fully saturated rings. The third-order valence-electron chi connectivity index (χ3n) is 3.79. The maximum atomic E-state index is 12.0. The number of hydrogen-bond donors (Lipinski definition) is 1. The van der Waals surface area contributed by atoms with Crippen LogP contribution < -0.4 is 10.2 Å². The van der Waals surface area contributed by atoms with Crippen LogP contribution in [0.1, 0.15) is 25.7 Å². The molecule has 1 aliphatic rings. The Kier molecular flexibility index (Phi) is 5.87. The van der Waals surface area contributed by atoms with Crippen molar-refractivity contribution in [2.45, 2.75) is 30.0 Å². The number of carbonyl (C=O) groups excluding carboxylic acids is 1.